The highest BCUT2D eigenvalue weighted by molar-refractivity contribution is 9.10. The Morgan fingerprint density at radius 1 is 1.45 bits per heavy atom. The number of nitrogens with zero attached hydrogens (tertiary/aromatic N) is 1. The molecule has 118 valence electrons. The van der Waals surface area contributed by atoms with Crippen molar-refractivity contribution in [2.75, 3.05) is 13.7 Å². The summed E-state index contributed by atoms with van der Waals surface area (Å²) in [7, 11) is 1.55. The van der Waals surface area contributed by atoms with E-state index in [0.29, 0.717) is 28.1 Å². The monoisotopic (exact) mass is 366 g/mol. The summed E-state index contributed by atoms with van der Waals surface area (Å²) in [6.45, 7) is 6.03. The molecule has 1 aromatic rings. The number of hydrogen-bond acceptors (Lipinski definition) is 4. The molecule has 6 heteroatoms. The first-order chi connectivity index (χ1) is 10.4. The zero-order valence-electron chi connectivity index (χ0n) is 13.1. The fraction of sp³-hybridized carbons (Fsp3) is 0.375. The molecule has 0 fully saturated rings. The molecule has 1 amide bonds. The number of carbonyl (C=O) groups is 1. The summed E-state index contributed by atoms with van der Waals surface area (Å²) in [5.74, 6) is 0.732. The second-order valence-electron chi connectivity index (χ2n) is 4.76. The summed E-state index contributed by atoms with van der Waals surface area (Å²) in [6.07, 6.45) is 1.52. The molecular weight excluding hydrogens is 348 g/mol. The Balaban J connectivity index is 3.24. The second kappa shape index (κ2) is 8.44. The number of methoxy groups -OCH3 is 1. The molecule has 0 atom stereocenters. The molecule has 0 aliphatic rings. The Bertz CT molecular complexity index is 619. The lowest BCUT2D eigenvalue weighted by molar-refractivity contribution is -0.117. The molecule has 0 saturated heterocycles. The minimum Gasteiger partial charge on any atom is -0.493 e. The van der Waals surface area contributed by atoms with Gasteiger partial charge in [-0.25, -0.2) is 0 Å². The summed E-state index contributed by atoms with van der Waals surface area (Å²) in [6, 6.07) is 5.35. The van der Waals surface area contributed by atoms with Gasteiger partial charge >= 0.3 is 0 Å². The Labute approximate surface area is 139 Å². The van der Waals surface area contributed by atoms with Crippen LogP contribution in [0.3, 0.4) is 0 Å². The molecule has 0 aromatic heterocycles. The largest absolute Gasteiger partial charge is 0.493 e. The third-order valence-electron chi connectivity index (χ3n) is 2.67. The van der Waals surface area contributed by atoms with Gasteiger partial charge in [0.25, 0.3) is 5.91 Å². The average Bonchev–Trinajstić information content (AvgIpc) is 2.46. The van der Waals surface area contributed by atoms with Gasteiger partial charge in [0.2, 0.25) is 0 Å². The van der Waals surface area contributed by atoms with Crippen LogP contribution in [0.15, 0.2) is 22.2 Å². The van der Waals surface area contributed by atoms with Gasteiger partial charge in [0.15, 0.2) is 11.5 Å². The van der Waals surface area contributed by atoms with Crippen LogP contribution in [-0.2, 0) is 4.79 Å². The van der Waals surface area contributed by atoms with Gasteiger partial charge < -0.3 is 14.8 Å². The lowest BCUT2D eigenvalue weighted by atomic mass is 10.1. The Morgan fingerprint density at radius 2 is 2.14 bits per heavy atom. The zero-order chi connectivity index (χ0) is 16.7. The van der Waals surface area contributed by atoms with Crippen LogP contribution in [0.5, 0.6) is 11.5 Å². The first kappa shape index (κ1) is 18.1. The van der Waals surface area contributed by atoms with Crippen molar-refractivity contribution >= 4 is 27.9 Å². The molecule has 1 aromatic carbocycles. The summed E-state index contributed by atoms with van der Waals surface area (Å²) >= 11 is 3.41. The highest BCUT2D eigenvalue weighted by Gasteiger charge is 2.13. The van der Waals surface area contributed by atoms with Crippen LogP contribution in [-0.4, -0.2) is 25.7 Å². The number of benzene rings is 1. The van der Waals surface area contributed by atoms with Gasteiger partial charge in [-0.15, -0.1) is 0 Å². The second-order valence-corrected chi connectivity index (χ2v) is 5.61. The fourth-order valence-corrected chi connectivity index (χ4v) is 2.17. The third-order valence-corrected chi connectivity index (χ3v) is 3.35. The van der Waals surface area contributed by atoms with Crippen LogP contribution < -0.4 is 14.8 Å². The summed E-state index contributed by atoms with van der Waals surface area (Å²) < 4.78 is 11.5. The minimum atomic E-state index is -0.404. The molecule has 0 aliphatic carbocycles. The minimum absolute atomic E-state index is 0.0296. The van der Waals surface area contributed by atoms with Crippen LogP contribution in [0.1, 0.15) is 26.3 Å². The van der Waals surface area contributed by atoms with Crippen molar-refractivity contribution in [1.29, 1.82) is 5.26 Å². The lowest BCUT2D eigenvalue weighted by Crippen LogP contribution is -2.30. The van der Waals surface area contributed by atoms with Gasteiger partial charge in [-0.3, -0.25) is 4.79 Å². The number of halogens is 1. The van der Waals surface area contributed by atoms with Crippen molar-refractivity contribution in [2.24, 2.45) is 0 Å². The summed E-state index contributed by atoms with van der Waals surface area (Å²) in [4.78, 5) is 12.0. The van der Waals surface area contributed by atoms with Crippen molar-refractivity contribution in [2.45, 2.75) is 26.8 Å². The maximum atomic E-state index is 12.0. The van der Waals surface area contributed by atoms with Gasteiger partial charge in [0, 0.05) is 10.5 Å². The number of hydrogen-bond donors (Lipinski definition) is 1. The third kappa shape index (κ3) is 4.78. The highest BCUT2D eigenvalue weighted by atomic mass is 79.9. The molecule has 5 nitrogen and oxygen atoms in total. The highest BCUT2D eigenvalue weighted by Crippen LogP contribution is 2.34. The van der Waals surface area contributed by atoms with Crippen LogP contribution in [0.25, 0.3) is 6.08 Å². The van der Waals surface area contributed by atoms with Gasteiger partial charge in [-0.05, 0) is 44.5 Å². The van der Waals surface area contributed by atoms with Crippen molar-refractivity contribution < 1.29 is 14.3 Å². The maximum absolute atomic E-state index is 12.0. The quantitative estimate of drug-likeness (QED) is 0.619. The molecule has 1 N–H and O–H groups in total. The molecule has 22 heavy (non-hydrogen) atoms. The predicted molar refractivity (Wildman–Crippen MR) is 88.7 cm³/mol. The molecule has 0 radical (unpaired) electrons. The molecule has 0 saturated carbocycles. The van der Waals surface area contributed by atoms with E-state index in [-0.39, 0.29) is 11.6 Å². The molecule has 0 heterocycles. The zero-order valence-corrected chi connectivity index (χ0v) is 14.7. The van der Waals surface area contributed by atoms with Crippen LogP contribution in [0.4, 0.5) is 0 Å². The van der Waals surface area contributed by atoms with E-state index in [1.807, 2.05) is 26.8 Å². The van der Waals surface area contributed by atoms with Gasteiger partial charge in [-0.2, -0.15) is 5.26 Å². The van der Waals surface area contributed by atoms with E-state index in [0.717, 1.165) is 0 Å². The number of amides is 1. The lowest BCUT2D eigenvalue weighted by Gasteiger charge is -2.12. The summed E-state index contributed by atoms with van der Waals surface area (Å²) in [5, 5.41) is 11.9. The molecule has 0 bridgehead atoms. The molecule has 0 spiro atoms. The number of carbonyl (C=O) groups excluding carboxylic acids is 1. The van der Waals surface area contributed by atoms with Crippen molar-refractivity contribution in [3.63, 3.8) is 0 Å². The van der Waals surface area contributed by atoms with Crippen molar-refractivity contribution in [1.82, 2.24) is 5.32 Å². The topological polar surface area (TPSA) is 71.3 Å². The van der Waals surface area contributed by atoms with E-state index in [1.165, 1.54) is 6.08 Å². The number of nitrogens with one attached hydrogen (secondary N) is 1. The van der Waals surface area contributed by atoms with Crippen LogP contribution in [0.2, 0.25) is 0 Å². The Kier molecular flexibility index (Phi) is 6.93. The van der Waals surface area contributed by atoms with E-state index in [1.54, 1.807) is 19.2 Å². The van der Waals surface area contributed by atoms with E-state index in [9.17, 15) is 10.1 Å². The van der Waals surface area contributed by atoms with Gasteiger partial charge in [0.1, 0.15) is 11.6 Å². The number of rotatable bonds is 6. The first-order valence-electron chi connectivity index (χ1n) is 6.85. The Hall–Kier alpha value is -2.00. The number of ether oxygens (including phenoxy) is 2. The van der Waals surface area contributed by atoms with E-state index >= 15 is 0 Å². The normalized spacial score (nSPS) is 11.0. The summed E-state index contributed by atoms with van der Waals surface area (Å²) in [5.41, 5.74) is 0.696. The first-order valence-corrected chi connectivity index (χ1v) is 7.65. The van der Waals surface area contributed by atoms with Gasteiger partial charge in [-0.1, -0.05) is 15.9 Å². The molecular formula is C16H19BrN2O3. The maximum Gasteiger partial charge on any atom is 0.262 e. The van der Waals surface area contributed by atoms with Crippen LogP contribution >= 0.6 is 15.9 Å². The predicted octanol–water partition coefficient (Wildman–Crippen LogP) is 3.29. The molecule has 0 unspecified atom stereocenters. The SMILES string of the molecule is CCOc1cc(/C=C(/C#N)C(=O)NC(C)C)c(Br)cc1OC. The number of nitriles is 1. The smallest absolute Gasteiger partial charge is 0.262 e. The standard InChI is InChI=1S/C16H19BrN2O3/c1-5-22-15-7-11(13(17)8-14(15)21-4)6-12(9-18)16(20)19-10(2)3/h6-8,10H,5H2,1-4H3,(H,19,20)/b12-6-. The van der Waals surface area contributed by atoms with E-state index in [4.69, 9.17) is 9.47 Å². The Morgan fingerprint density at radius 3 is 2.64 bits per heavy atom. The fourth-order valence-electron chi connectivity index (χ4n) is 1.73. The average molecular weight is 367 g/mol. The molecule has 1 rings (SSSR count). The van der Waals surface area contributed by atoms with Gasteiger partial charge in [0.05, 0.1) is 13.7 Å². The van der Waals surface area contributed by atoms with Crippen LogP contribution in [0, 0.1) is 11.3 Å². The van der Waals surface area contributed by atoms with Crippen molar-refractivity contribution in [3.05, 3.63) is 27.7 Å². The molecule has 0 aliphatic heterocycles. The van der Waals surface area contributed by atoms with E-state index < -0.39 is 5.91 Å². The van der Waals surface area contributed by atoms with Crippen molar-refractivity contribution in [3.8, 4) is 17.6 Å². The van der Waals surface area contributed by atoms with E-state index in [2.05, 4.69) is 21.2 Å².